The number of anilines is 3. The van der Waals surface area contributed by atoms with E-state index in [1.165, 1.54) is 22.8 Å². The number of ketones is 1. The molecule has 0 unspecified atom stereocenters. The molecule has 0 radical (unpaired) electrons. The number of nitrogens with one attached hydrogen (secondary N) is 2. The van der Waals surface area contributed by atoms with Crippen molar-refractivity contribution in [3.05, 3.63) is 35.8 Å². The smallest absolute Gasteiger partial charge is 0.290 e. The van der Waals surface area contributed by atoms with Crippen LogP contribution in [0.4, 0.5) is 21.7 Å². The number of benzene rings is 1. The summed E-state index contributed by atoms with van der Waals surface area (Å²) >= 11 is 0. The highest BCUT2D eigenvalue weighted by molar-refractivity contribution is 6.43. The van der Waals surface area contributed by atoms with Gasteiger partial charge in [0.05, 0.1) is 17.4 Å². The fourth-order valence-electron chi connectivity index (χ4n) is 2.85. The third-order valence-electron chi connectivity index (χ3n) is 4.07. The molecule has 11 heteroatoms. The molecule has 2 aromatic heterocycles. The van der Waals surface area contributed by atoms with Crippen LogP contribution in [-0.2, 0) is 4.79 Å². The Labute approximate surface area is 157 Å². The second kappa shape index (κ2) is 6.68. The fraction of sp³-hybridized carbons (Fsp3) is 0.176. The summed E-state index contributed by atoms with van der Waals surface area (Å²) < 4.78 is 26.3. The number of ether oxygens (including phenoxy) is 2. The number of hydrogen-bond acceptors (Lipinski definition) is 8. The summed E-state index contributed by atoms with van der Waals surface area (Å²) in [5.41, 5.74) is 5.45. The van der Waals surface area contributed by atoms with E-state index in [1.807, 2.05) is 0 Å². The summed E-state index contributed by atoms with van der Waals surface area (Å²) in [6.07, 6.45) is 1.21. The Morgan fingerprint density at radius 1 is 1.25 bits per heavy atom. The molecule has 0 fully saturated rings. The summed E-state index contributed by atoms with van der Waals surface area (Å²) in [5, 5.41) is 9.93. The largest absolute Gasteiger partial charge is 0.486 e. The molecule has 1 amide bonds. The number of carbonyl (C=O) groups excluding carboxylic acids is 2. The van der Waals surface area contributed by atoms with Crippen LogP contribution >= 0.6 is 0 Å². The summed E-state index contributed by atoms with van der Waals surface area (Å²) in [6, 6.07) is 4.07. The van der Waals surface area contributed by atoms with Crippen LogP contribution in [0.5, 0.6) is 11.5 Å². The van der Waals surface area contributed by atoms with Gasteiger partial charge in [0.25, 0.3) is 11.7 Å². The van der Waals surface area contributed by atoms with Gasteiger partial charge in [-0.2, -0.15) is 9.61 Å². The number of Topliss-reactive ketones (excluding diaryl/α,β-unsaturated/α-hetero) is 1. The van der Waals surface area contributed by atoms with Crippen molar-refractivity contribution >= 4 is 34.7 Å². The minimum Gasteiger partial charge on any atom is -0.486 e. The Balaban J connectivity index is 1.82. The summed E-state index contributed by atoms with van der Waals surface area (Å²) in [4.78, 5) is 27.6. The number of carbonyl (C=O) groups is 2. The minimum atomic E-state index is -1.12. The second-order valence-corrected chi connectivity index (χ2v) is 5.87. The maximum atomic E-state index is 13.9. The van der Waals surface area contributed by atoms with Crippen LogP contribution < -0.4 is 25.8 Å². The monoisotopic (exact) mass is 386 g/mol. The Bertz CT molecular complexity index is 1110. The molecule has 3 heterocycles. The number of hydrogen-bond donors (Lipinski definition) is 3. The molecule has 1 aliphatic heterocycles. The molecule has 3 aromatic rings. The topological polar surface area (TPSA) is 133 Å². The lowest BCUT2D eigenvalue weighted by Crippen LogP contribution is -2.23. The lowest BCUT2D eigenvalue weighted by Gasteiger charge is -2.21. The number of halogens is 1. The first kappa shape index (κ1) is 17.5. The van der Waals surface area contributed by atoms with Gasteiger partial charge in [-0.1, -0.05) is 0 Å². The van der Waals surface area contributed by atoms with Gasteiger partial charge in [0.1, 0.15) is 30.7 Å². The van der Waals surface area contributed by atoms with E-state index in [9.17, 15) is 14.0 Å². The van der Waals surface area contributed by atoms with E-state index in [1.54, 1.807) is 13.1 Å². The maximum Gasteiger partial charge on any atom is 0.290 e. The van der Waals surface area contributed by atoms with Crippen LogP contribution in [-0.4, -0.2) is 46.5 Å². The number of fused-ring (bicyclic) bond motifs is 2. The Morgan fingerprint density at radius 3 is 2.79 bits per heavy atom. The van der Waals surface area contributed by atoms with Crippen molar-refractivity contribution in [3.8, 4) is 11.5 Å². The van der Waals surface area contributed by atoms with Gasteiger partial charge >= 0.3 is 0 Å². The molecule has 1 aliphatic rings. The molecule has 4 rings (SSSR count). The molecule has 4 N–H and O–H groups in total. The number of primary amides is 1. The van der Waals surface area contributed by atoms with Crippen LogP contribution in [0.25, 0.3) is 5.65 Å². The Kier molecular flexibility index (Phi) is 4.18. The lowest BCUT2D eigenvalue weighted by atomic mass is 10.2. The molecule has 0 aliphatic carbocycles. The average Bonchev–Trinajstić information content (AvgIpc) is 3.10. The van der Waals surface area contributed by atoms with E-state index >= 15 is 0 Å². The first-order chi connectivity index (χ1) is 13.5. The van der Waals surface area contributed by atoms with Crippen LogP contribution in [0.3, 0.4) is 0 Å². The molecular formula is C17H15FN6O4. The predicted molar refractivity (Wildman–Crippen MR) is 96.7 cm³/mol. The number of amides is 1. The van der Waals surface area contributed by atoms with Gasteiger partial charge < -0.3 is 25.8 Å². The molecule has 0 saturated carbocycles. The minimum absolute atomic E-state index is 0.0477. The van der Waals surface area contributed by atoms with E-state index in [4.69, 9.17) is 15.2 Å². The zero-order chi connectivity index (χ0) is 19.8. The van der Waals surface area contributed by atoms with Crippen LogP contribution in [0.15, 0.2) is 24.4 Å². The molecule has 28 heavy (non-hydrogen) atoms. The number of rotatable bonds is 5. The number of nitrogens with zero attached hydrogens (tertiary/aromatic N) is 3. The van der Waals surface area contributed by atoms with E-state index in [0.717, 1.165) is 0 Å². The van der Waals surface area contributed by atoms with Gasteiger partial charge in [-0.3, -0.25) is 9.59 Å². The number of aromatic nitrogens is 3. The van der Waals surface area contributed by atoms with Crippen LogP contribution in [0.2, 0.25) is 0 Å². The van der Waals surface area contributed by atoms with Gasteiger partial charge in [-0.05, 0) is 0 Å². The third kappa shape index (κ3) is 2.92. The quantitative estimate of drug-likeness (QED) is 0.438. The zero-order valence-electron chi connectivity index (χ0n) is 14.7. The predicted octanol–water partition coefficient (Wildman–Crippen LogP) is 1.09. The molecular weight excluding hydrogens is 371 g/mol. The summed E-state index contributed by atoms with van der Waals surface area (Å²) in [7, 11) is 1.65. The molecule has 0 bridgehead atoms. The Morgan fingerprint density at radius 2 is 2.04 bits per heavy atom. The van der Waals surface area contributed by atoms with Crippen molar-refractivity contribution in [2.45, 2.75) is 0 Å². The van der Waals surface area contributed by atoms with Crippen LogP contribution in [0.1, 0.15) is 10.4 Å². The summed E-state index contributed by atoms with van der Waals surface area (Å²) in [5.74, 6) is -1.20. The zero-order valence-corrected chi connectivity index (χ0v) is 14.7. The van der Waals surface area contributed by atoms with Gasteiger partial charge in [0, 0.05) is 25.2 Å². The molecule has 1 aromatic carbocycles. The molecule has 144 valence electrons. The van der Waals surface area contributed by atoms with E-state index in [-0.39, 0.29) is 22.8 Å². The highest BCUT2D eigenvalue weighted by Crippen LogP contribution is 2.39. The van der Waals surface area contributed by atoms with Gasteiger partial charge in [0.2, 0.25) is 0 Å². The lowest BCUT2D eigenvalue weighted by molar-refractivity contribution is -0.114. The average molecular weight is 386 g/mol. The molecule has 0 saturated heterocycles. The Hall–Kier alpha value is -3.89. The first-order valence-electron chi connectivity index (χ1n) is 8.24. The normalized spacial score (nSPS) is 12.6. The highest BCUT2D eigenvalue weighted by Gasteiger charge is 2.22. The van der Waals surface area contributed by atoms with E-state index < -0.39 is 17.5 Å². The maximum absolute atomic E-state index is 13.9. The van der Waals surface area contributed by atoms with Gasteiger partial charge in [-0.15, -0.1) is 0 Å². The van der Waals surface area contributed by atoms with Crippen molar-refractivity contribution in [2.24, 2.45) is 5.73 Å². The second-order valence-electron chi connectivity index (χ2n) is 5.87. The molecule has 0 spiro atoms. The highest BCUT2D eigenvalue weighted by atomic mass is 19.1. The van der Waals surface area contributed by atoms with Crippen molar-refractivity contribution in [3.63, 3.8) is 0 Å². The van der Waals surface area contributed by atoms with Gasteiger partial charge in [-0.25, -0.2) is 9.37 Å². The van der Waals surface area contributed by atoms with E-state index in [0.29, 0.717) is 30.5 Å². The third-order valence-corrected chi connectivity index (χ3v) is 4.07. The number of nitrogens with two attached hydrogens (primary N) is 1. The molecule has 10 nitrogen and oxygen atoms in total. The van der Waals surface area contributed by atoms with E-state index in [2.05, 4.69) is 20.7 Å². The molecule has 0 atom stereocenters. The van der Waals surface area contributed by atoms with Crippen molar-refractivity contribution < 1.29 is 23.5 Å². The SMILES string of the molecule is CNc1cc(Nc2cc(F)cc3c2OCCO3)nc2c(C(=O)C(N)=O)cnn12. The fourth-order valence-corrected chi connectivity index (χ4v) is 2.85. The standard InChI is InChI=1S/C17H15FN6O4/c1-20-13-6-12(23-17-9(7-21-24(13)17)14(25)16(19)26)22-10-4-8(18)5-11-15(10)28-3-2-27-11/h4-7,20H,2-3H2,1H3,(H2,19,26)(H,22,23). The first-order valence-corrected chi connectivity index (χ1v) is 8.24. The van der Waals surface area contributed by atoms with Gasteiger partial charge in [0.15, 0.2) is 17.1 Å². The van der Waals surface area contributed by atoms with Crippen molar-refractivity contribution in [1.29, 1.82) is 0 Å². The summed E-state index contributed by atoms with van der Waals surface area (Å²) in [6.45, 7) is 0.639. The van der Waals surface area contributed by atoms with Crippen LogP contribution in [0, 0.1) is 5.82 Å². The van der Waals surface area contributed by atoms with Crippen molar-refractivity contribution in [2.75, 3.05) is 30.9 Å². The van der Waals surface area contributed by atoms with Crippen molar-refractivity contribution in [1.82, 2.24) is 14.6 Å².